The summed E-state index contributed by atoms with van der Waals surface area (Å²) >= 11 is 0. The van der Waals surface area contributed by atoms with Gasteiger partial charge in [0.2, 0.25) is 0 Å². The van der Waals surface area contributed by atoms with Crippen LogP contribution in [0, 0.1) is 21.7 Å². The number of carbonyl (C=O) groups is 1. The number of nitro groups is 1. The van der Waals surface area contributed by atoms with E-state index in [0.717, 1.165) is 25.0 Å². The van der Waals surface area contributed by atoms with Crippen LogP contribution in [0.25, 0.3) is 11.1 Å². The lowest BCUT2D eigenvalue weighted by atomic mass is 10.0. The predicted octanol–water partition coefficient (Wildman–Crippen LogP) is 5.37. The van der Waals surface area contributed by atoms with Gasteiger partial charge >= 0.3 is 0 Å². The standard InChI is InChI=1S/C22H17F2N3O3/c23-15-11-17(13-4-2-1-3-5-13)21(18(24)12-15)26-22(28)14-6-9-19(25-16-7-8-16)20(10-14)27(29)30/h1-6,9-12,16,25H,7-8H2,(H,26,28). The first kappa shape index (κ1) is 19.5. The van der Waals surface area contributed by atoms with Crippen molar-refractivity contribution in [1.29, 1.82) is 0 Å². The van der Waals surface area contributed by atoms with Crippen LogP contribution in [-0.2, 0) is 0 Å². The molecule has 1 aliphatic rings. The molecule has 1 aliphatic carbocycles. The fraction of sp³-hybridized carbons (Fsp3) is 0.136. The molecule has 8 heteroatoms. The molecule has 0 bridgehead atoms. The quantitative estimate of drug-likeness (QED) is 0.424. The van der Waals surface area contributed by atoms with E-state index in [1.165, 1.54) is 12.1 Å². The molecular weight excluding hydrogens is 392 g/mol. The molecule has 0 heterocycles. The number of hydrogen-bond donors (Lipinski definition) is 2. The fourth-order valence-corrected chi connectivity index (χ4v) is 3.13. The average Bonchev–Trinajstić information content (AvgIpc) is 3.54. The third-order valence-electron chi connectivity index (χ3n) is 4.77. The van der Waals surface area contributed by atoms with Gasteiger partial charge in [0, 0.05) is 29.3 Å². The van der Waals surface area contributed by atoms with Crippen LogP contribution in [-0.4, -0.2) is 16.9 Å². The maximum absolute atomic E-state index is 14.5. The molecule has 0 atom stereocenters. The first-order valence-corrected chi connectivity index (χ1v) is 9.33. The third-order valence-corrected chi connectivity index (χ3v) is 4.77. The third kappa shape index (κ3) is 4.12. The van der Waals surface area contributed by atoms with Crippen molar-refractivity contribution in [2.45, 2.75) is 18.9 Å². The highest BCUT2D eigenvalue weighted by Crippen LogP contribution is 2.34. The number of carbonyl (C=O) groups excluding carboxylic acids is 1. The van der Waals surface area contributed by atoms with E-state index in [0.29, 0.717) is 17.3 Å². The molecule has 0 aromatic heterocycles. The average molecular weight is 409 g/mol. The van der Waals surface area contributed by atoms with E-state index in [-0.39, 0.29) is 28.5 Å². The summed E-state index contributed by atoms with van der Waals surface area (Å²) < 4.78 is 28.3. The zero-order valence-corrected chi connectivity index (χ0v) is 15.7. The number of rotatable bonds is 6. The van der Waals surface area contributed by atoms with Gasteiger partial charge in [0.25, 0.3) is 11.6 Å². The molecule has 0 radical (unpaired) electrons. The highest BCUT2D eigenvalue weighted by molar-refractivity contribution is 6.07. The van der Waals surface area contributed by atoms with Crippen molar-refractivity contribution >= 4 is 23.0 Å². The van der Waals surface area contributed by atoms with Gasteiger partial charge < -0.3 is 10.6 Å². The molecule has 30 heavy (non-hydrogen) atoms. The van der Waals surface area contributed by atoms with Gasteiger partial charge in [0.15, 0.2) is 0 Å². The smallest absolute Gasteiger partial charge is 0.293 e. The first-order chi connectivity index (χ1) is 14.4. The summed E-state index contributed by atoms with van der Waals surface area (Å²) in [5.41, 5.74) is 0.569. The second kappa shape index (κ2) is 7.90. The lowest BCUT2D eigenvalue weighted by Crippen LogP contribution is -2.15. The second-order valence-corrected chi connectivity index (χ2v) is 7.04. The van der Waals surface area contributed by atoms with Crippen LogP contribution in [0.4, 0.5) is 25.8 Å². The Morgan fingerprint density at radius 1 is 1.03 bits per heavy atom. The maximum atomic E-state index is 14.5. The summed E-state index contributed by atoms with van der Waals surface area (Å²) in [6.07, 6.45) is 1.87. The van der Waals surface area contributed by atoms with Crippen molar-refractivity contribution in [2.24, 2.45) is 0 Å². The molecule has 1 amide bonds. The number of nitrogens with one attached hydrogen (secondary N) is 2. The Balaban J connectivity index is 1.67. The minimum atomic E-state index is -0.941. The molecule has 6 nitrogen and oxygen atoms in total. The summed E-state index contributed by atoms with van der Waals surface area (Å²) in [7, 11) is 0. The summed E-state index contributed by atoms with van der Waals surface area (Å²) in [6.45, 7) is 0. The van der Waals surface area contributed by atoms with Gasteiger partial charge in [-0.1, -0.05) is 30.3 Å². The number of halogens is 2. The minimum absolute atomic E-state index is 0.00853. The van der Waals surface area contributed by atoms with Crippen molar-refractivity contribution in [1.82, 2.24) is 0 Å². The Morgan fingerprint density at radius 3 is 2.43 bits per heavy atom. The van der Waals surface area contributed by atoms with Gasteiger partial charge in [-0.15, -0.1) is 0 Å². The van der Waals surface area contributed by atoms with Gasteiger partial charge in [-0.25, -0.2) is 8.78 Å². The molecule has 3 aromatic carbocycles. The van der Waals surface area contributed by atoms with Gasteiger partial charge in [-0.05, 0) is 36.6 Å². The highest BCUT2D eigenvalue weighted by Gasteiger charge is 2.26. The van der Waals surface area contributed by atoms with E-state index in [9.17, 15) is 23.7 Å². The van der Waals surface area contributed by atoms with Crippen LogP contribution < -0.4 is 10.6 Å². The summed E-state index contributed by atoms with van der Waals surface area (Å²) in [5, 5.41) is 16.9. The summed E-state index contributed by atoms with van der Waals surface area (Å²) in [6, 6.07) is 14.5. The van der Waals surface area contributed by atoms with Crippen LogP contribution >= 0.6 is 0 Å². The monoisotopic (exact) mass is 409 g/mol. The first-order valence-electron chi connectivity index (χ1n) is 9.33. The lowest BCUT2D eigenvalue weighted by molar-refractivity contribution is -0.384. The van der Waals surface area contributed by atoms with Crippen LogP contribution in [0.3, 0.4) is 0 Å². The van der Waals surface area contributed by atoms with Crippen molar-refractivity contribution in [2.75, 3.05) is 10.6 Å². The Hall–Kier alpha value is -3.81. The van der Waals surface area contributed by atoms with Crippen molar-refractivity contribution in [3.63, 3.8) is 0 Å². The van der Waals surface area contributed by atoms with E-state index in [2.05, 4.69) is 10.6 Å². The van der Waals surface area contributed by atoms with Gasteiger partial charge in [-0.2, -0.15) is 0 Å². The SMILES string of the molecule is O=C(Nc1c(F)cc(F)cc1-c1ccccc1)c1ccc(NC2CC2)c([N+](=O)[O-])c1. The summed E-state index contributed by atoms with van der Waals surface area (Å²) in [4.78, 5) is 23.6. The van der Waals surface area contributed by atoms with Crippen molar-refractivity contribution in [3.05, 3.63) is 88.0 Å². The maximum Gasteiger partial charge on any atom is 0.293 e. The largest absolute Gasteiger partial charge is 0.377 e. The van der Waals surface area contributed by atoms with E-state index >= 15 is 0 Å². The van der Waals surface area contributed by atoms with Gasteiger partial charge in [0.1, 0.15) is 17.3 Å². The van der Waals surface area contributed by atoms with Crippen molar-refractivity contribution < 1.29 is 18.5 Å². The molecule has 1 fully saturated rings. The van der Waals surface area contributed by atoms with Crippen LogP contribution in [0.1, 0.15) is 23.2 Å². The van der Waals surface area contributed by atoms with Crippen LogP contribution in [0.5, 0.6) is 0 Å². The Kier molecular flexibility index (Phi) is 5.14. The molecule has 152 valence electrons. The fourth-order valence-electron chi connectivity index (χ4n) is 3.13. The molecule has 2 N–H and O–H groups in total. The number of benzene rings is 3. The van der Waals surface area contributed by atoms with E-state index in [1.54, 1.807) is 30.3 Å². The number of amides is 1. The van der Waals surface area contributed by atoms with E-state index in [1.807, 2.05) is 0 Å². The lowest BCUT2D eigenvalue weighted by Gasteiger charge is -2.13. The number of anilines is 2. The molecule has 0 saturated heterocycles. The molecule has 0 unspecified atom stereocenters. The van der Waals surface area contributed by atoms with Gasteiger partial charge in [0.05, 0.1) is 10.6 Å². The zero-order chi connectivity index (χ0) is 21.3. The second-order valence-electron chi connectivity index (χ2n) is 7.04. The molecule has 4 rings (SSSR count). The molecule has 0 aliphatic heterocycles. The van der Waals surface area contributed by atoms with Gasteiger partial charge in [-0.3, -0.25) is 14.9 Å². The topological polar surface area (TPSA) is 84.3 Å². The molecule has 3 aromatic rings. The van der Waals surface area contributed by atoms with Crippen LogP contribution in [0.15, 0.2) is 60.7 Å². The Bertz CT molecular complexity index is 1130. The van der Waals surface area contributed by atoms with E-state index in [4.69, 9.17) is 0 Å². The van der Waals surface area contributed by atoms with Crippen LogP contribution in [0.2, 0.25) is 0 Å². The number of nitro benzene ring substituents is 1. The zero-order valence-electron chi connectivity index (χ0n) is 15.7. The summed E-state index contributed by atoms with van der Waals surface area (Å²) in [5.74, 6) is -2.46. The Morgan fingerprint density at radius 2 is 1.77 bits per heavy atom. The Labute approximate surface area is 170 Å². The normalized spacial score (nSPS) is 13.0. The van der Waals surface area contributed by atoms with E-state index < -0.39 is 22.5 Å². The number of hydrogen-bond acceptors (Lipinski definition) is 4. The molecule has 0 spiro atoms. The predicted molar refractivity (Wildman–Crippen MR) is 109 cm³/mol. The molecular formula is C22H17F2N3O3. The molecule has 1 saturated carbocycles. The minimum Gasteiger partial charge on any atom is -0.377 e. The number of nitrogens with zero attached hydrogens (tertiary/aromatic N) is 1. The highest BCUT2D eigenvalue weighted by atomic mass is 19.1. The van der Waals surface area contributed by atoms with Crippen molar-refractivity contribution in [3.8, 4) is 11.1 Å².